The highest BCUT2D eigenvalue weighted by Crippen LogP contribution is 2.26. The summed E-state index contributed by atoms with van der Waals surface area (Å²) in [6.45, 7) is 1.28. The number of aromatic nitrogens is 1. The van der Waals surface area contributed by atoms with Crippen LogP contribution in [0.5, 0.6) is 0 Å². The summed E-state index contributed by atoms with van der Waals surface area (Å²) in [4.78, 5) is 15.3. The van der Waals surface area contributed by atoms with Crippen molar-refractivity contribution in [3.8, 4) is 0 Å². The van der Waals surface area contributed by atoms with E-state index in [1.54, 1.807) is 12.1 Å². The highest BCUT2D eigenvalue weighted by Gasteiger charge is 2.27. The highest BCUT2D eigenvalue weighted by molar-refractivity contribution is 9.10. The molecule has 0 saturated heterocycles. The first-order valence-electron chi connectivity index (χ1n) is 10.5. The van der Waals surface area contributed by atoms with E-state index in [4.69, 9.17) is 0 Å². The molecular weight excluding hydrogens is 443 g/mol. The standard InChI is InChI=1S/C25H26BrFN2O/c26-21-13-11-19(12-14-21)17-28-15-5-10-24(28)18-29(23-8-2-1-3-9-23)25(30)20-6-4-7-22(27)16-20/h4-7,10-16,23H,1-3,8-9,17-18H2. The van der Waals surface area contributed by atoms with E-state index >= 15 is 0 Å². The Hall–Kier alpha value is -2.40. The zero-order valence-electron chi connectivity index (χ0n) is 16.9. The zero-order valence-corrected chi connectivity index (χ0v) is 18.5. The molecule has 3 aromatic rings. The van der Waals surface area contributed by atoms with Crippen LogP contribution in [0.4, 0.5) is 4.39 Å². The van der Waals surface area contributed by atoms with Crippen molar-refractivity contribution in [1.82, 2.24) is 9.47 Å². The van der Waals surface area contributed by atoms with E-state index < -0.39 is 0 Å². The van der Waals surface area contributed by atoms with Crippen molar-refractivity contribution in [2.75, 3.05) is 0 Å². The van der Waals surface area contributed by atoms with E-state index in [0.29, 0.717) is 12.1 Å². The maximum atomic E-state index is 13.8. The molecule has 1 heterocycles. The van der Waals surface area contributed by atoms with Gasteiger partial charge in [0.1, 0.15) is 5.82 Å². The fraction of sp³-hybridized carbons (Fsp3) is 0.320. The predicted molar refractivity (Wildman–Crippen MR) is 121 cm³/mol. The van der Waals surface area contributed by atoms with Gasteiger partial charge in [-0.05, 0) is 60.9 Å². The van der Waals surface area contributed by atoms with Crippen molar-refractivity contribution in [3.63, 3.8) is 0 Å². The van der Waals surface area contributed by atoms with Crippen LogP contribution < -0.4 is 0 Å². The van der Waals surface area contributed by atoms with E-state index in [9.17, 15) is 9.18 Å². The molecule has 0 N–H and O–H groups in total. The molecule has 0 radical (unpaired) electrons. The molecule has 3 nitrogen and oxygen atoms in total. The van der Waals surface area contributed by atoms with Crippen molar-refractivity contribution >= 4 is 21.8 Å². The Bertz CT molecular complexity index is 992. The van der Waals surface area contributed by atoms with E-state index in [0.717, 1.165) is 42.4 Å². The number of halogens is 2. The molecule has 1 fully saturated rings. The lowest BCUT2D eigenvalue weighted by molar-refractivity contribution is 0.0608. The third-order valence-electron chi connectivity index (χ3n) is 5.87. The van der Waals surface area contributed by atoms with Gasteiger partial charge >= 0.3 is 0 Å². The van der Waals surface area contributed by atoms with Gasteiger partial charge in [-0.3, -0.25) is 4.79 Å². The molecule has 0 atom stereocenters. The number of amides is 1. The molecule has 1 amide bonds. The maximum absolute atomic E-state index is 13.8. The number of carbonyl (C=O) groups excluding carboxylic acids is 1. The highest BCUT2D eigenvalue weighted by atomic mass is 79.9. The van der Waals surface area contributed by atoms with Crippen LogP contribution in [0.25, 0.3) is 0 Å². The van der Waals surface area contributed by atoms with Crippen LogP contribution in [-0.4, -0.2) is 21.4 Å². The molecular formula is C25H26BrFN2O. The Kier molecular flexibility index (Phi) is 6.68. The molecule has 30 heavy (non-hydrogen) atoms. The average Bonchev–Trinajstić information content (AvgIpc) is 3.20. The second kappa shape index (κ2) is 9.61. The summed E-state index contributed by atoms with van der Waals surface area (Å²) in [6, 6.07) is 18.6. The molecule has 0 aliphatic heterocycles. The summed E-state index contributed by atoms with van der Waals surface area (Å²) in [5.74, 6) is -0.458. The molecule has 4 rings (SSSR count). The van der Waals surface area contributed by atoms with Gasteiger partial charge < -0.3 is 9.47 Å². The van der Waals surface area contributed by atoms with E-state index in [2.05, 4.69) is 44.9 Å². The molecule has 1 saturated carbocycles. The number of benzene rings is 2. The van der Waals surface area contributed by atoms with Crippen LogP contribution >= 0.6 is 15.9 Å². The molecule has 5 heteroatoms. The van der Waals surface area contributed by atoms with Gasteiger partial charge in [-0.1, -0.05) is 53.4 Å². The number of rotatable bonds is 6. The molecule has 1 aliphatic carbocycles. The van der Waals surface area contributed by atoms with Crippen molar-refractivity contribution in [1.29, 1.82) is 0 Å². The van der Waals surface area contributed by atoms with Crippen molar-refractivity contribution < 1.29 is 9.18 Å². The first-order chi connectivity index (χ1) is 14.6. The van der Waals surface area contributed by atoms with Crippen LogP contribution in [-0.2, 0) is 13.1 Å². The summed E-state index contributed by atoms with van der Waals surface area (Å²) in [6.07, 6.45) is 7.57. The quantitative estimate of drug-likeness (QED) is 0.410. The molecule has 156 valence electrons. The van der Waals surface area contributed by atoms with Gasteiger partial charge in [-0.15, -0.1) is 0 Å². The number of carbonyl (C=O) groups is 1. The summed E-state index contributed by atoms with van der Waals surface area (Å²) in [5, 5.41) is 0. The van der Waals surface area contributed by atoms with Crippen LogP contribution in [0.1, 0.15) is 53.7 Å². The molecule has 0 unspecified atom stereocenters. The number of hydrogen-bond donors (Lipinski definition) is 0. The van der Waals surface area contributed by atoms with Gasteiger partial charge in [0, 0.05) is 34.5 Å². The Morgan fingerprint density at radius 2 is 1.80 bits per heavy atom. The largest absolute Gasteiger partial charge is 0.345 e. The second-order valence-corrected chi connectivity index (χ2v) is 8.90. The topological polar surface area (TPSA) is 25.2 Å². The normalized spacial score (nSPS) is 14.6. The summed E-state index contributed by atoms with van der Waals surface area (Å²) in [7, 11) is 0. The third-order valence-corrected chi connectivity index (χ3v) is 6.40. The Labute approximate surface area is 185 Å². The van der Waals surface area contributed by atoms with Crippen LogP contribution in [0.3, 0.4) is 0 Å². The summed E-state index contributed by atoms with van der Waals surface area (Å²) >= 11 is 3.48. The van der Waals surface area contributed by atoms with Gasteiger partial charge in [0.15, 0.2) is 0 Å². The average molecular weight is 469 g/mol. The van der Waals surface area contributed by atoms with E-state index in [1.165, 1.54) is 24.1 Å². The lowest BCUT2D eigenvalue weighted by atomic mass is 9.93. The SMILES string of the molecule is O=C(c1cccc(F)c1)N(Cc1cccn1Cc1ccc(Br)cc1)C1CCCCC1. The fourth-order valence-electron chi connectivity index (χ4n) is 4.26. The van der Waals surface area contributed by atoms with Crippen molar-refractivity contribution in [2.45, 2.75) is 51.2 Å². The number of nitrogens with zero attached hydrogens (tertiary/aromatic N) is 2. The molecule has 1 aromatic heterocycles. The van der Waals surface area contributed by atoms with E-state index in [-0.39, 0.29) is 17.8 Å². The maximum Gasteiger partial charge on any atom is 0.254 e. The summed E-state index contributed by atoms with van der Waals surface area (Å²) in [5.41, 5.74) is 2.72. The smallest absolute Gasteiger partial charge is 0.254 e. The number of hydrogen-bond acceptors (Lipinski definition) is 1. The first-order valence-corrected chi connectivity index (χ1v) is 11.3. The van der Waals surface area contributed by atoms with E-state index in [1.807, 2.05) is 23.1 Å². The van der Waals surface area contributed by atoms with Crippen LogP contribution in [0.2, 0.25) is 0 Å². The van der Waals surface area contributed by atoms with Gasteiger partial charge in [-0.25, -0.2) is 4.39 Å². The predicted octanol–water partition coefficient (Wildman–Crippen LogP) is 6.41. The lowest BCUT2D eigenvalue weighted by Gasteiger charge is -2.35. The van der Waals surface area contributed by atoms with Crippen molar-refractivity contribution in [2.24, 2.45) is 0 Å². The molecule has 0 spiro atoms. The molecule has 0 bridgehead atoms. The first kappa shape index (κ1) is 20.9. The third kappa shape index (κ3) is 5.01. The van der Waals surface area contributed by atoms with Gasteiger partial charge in [-0.2, -0.15) is 0 Å². The van der Waals surface area contributed by atoms with Crippen LogP contribution in [0.15, 0.2) is 71.3 Å². The van der Waals surface area contributed by atoms with Crippen molar-refractivity contribution in [3.05, 3.63) is 94.0 Å². The minimum atomic E-state index is -0.372. The second-order valence-electron chi connectivity index (χ2n) is 7.99. The van der Waals surface area contributed by atoms with Crippen LogP contribution in [0, 0.1) is 5.82 Å². The molecule has 1 aliphatic rings. The molecule has 2 aromatic carbocycles. The Morgan fingerprint density at radius 3 is 2.53 bits per heavy atom. The zero-order chi connectivity index (χ0) is 20.9. The Balaban J connectivity index is 1.58. The fourth-order valence-corrected chi connectivity index (χ4v) is 4.52. The van der Waals surface area contributed by atoms with Gasteiger partial charge in [0.05, 0.1) is 6.54 Å². The minimum absolute atomic E-state index is 0.0854. The van der Waals surface area contributed by atoms with Gasteiger partial charge in [0.25, 0.3) is 5.91 Å². The minimum Gasteiger partial charge on any atom is -0.345 e. The summed E-state index contributed by atoms with van der Waals surface area (Å²) < 4.78 is 17.0. The monoisotopic (exact) mass is 468 g/mol. The Morgan fingerprint density at radius 1 is 1.03 bits per heavy atom. The lowest BCUT2D eigenvalue weighted by Crippen LogP contribution is -2.41. The van der Waals surface area contributed by atoms with Gasteiger partial charge in [0.2, 0.25) is 0 Å².